The van der Waals surface area contributed by atoms with E-state index in [1.54, 1.807) is 0 Å². The Kier molecular flexibility index (Phi) is 4.40. The second-order valence-electron chi connectivity index (χ2n) is 7.76. The van der Waals surface area contributed by atoms with Crippen LogP contribution in [0.3, 0.4) is 0 Å². The van der Waals surface area contributed by atoms with Gasteiger partial charge in [-0.15, -0.1) is 0 Å². The molecule has 3 heteroatoms. The van der Waals surface area contributed by atoms with E-state index in [9.17, 15) is 0 Å². The van der Waals surface area contributed by atoms with E-state index >= 15 is 0 Å². The molecule has 0 saturated heterocycles. The van der Waals surface area contributed by atoms with E-state index in [1.807, 2.05) is 12.4 Å². The summed E-state index contributed by atoms with van der Waals surface area (Å²) in [5.41, 5.74) is 3.69. The first-order valence-electron chi connectivity index (χ1n) is 9.38. The smallest absolute Gasteiger partial charge is 0.220 e. The summed E-state index contributed by atoms with van der Waals surface area (Å²) in [5, 5.41) is 5.52. The highest BCUT2D eigenvalue weighted by Gasteiger charge is 2.27. The molecule has 2 aromatic heterocycles. The highest BCUT2D eigenvalue weighted by molar-refractivity contribution is 7.00. The van der Waals surface area contributed by atoms with E-state index in [-0.39, 0.29) is 0 Å². The zero-order valence-electron chi connectivity index (χ0n) is 16.4. The summed E-state index contributed by atoms with van der Waals surface area (Å²) in [5.74, 6) is 0. The Labute approximate surface area is 162 Å². The molecule has 27 heavy (non-hydrogen) atoms. The van der Waals surface area contributed by atoms with Gasteiger partial charge in [0.05, 0.1) is 10.9 Å². The first-order valence-corrected chi connectivity index (χ1v) is 12.4. The Balaban J connectivity index is 1.91. The number of benzene rings is 2. The lowest BCUT2D eigenvalue weighted by atomic mass is 10.0. The molecule has 4 rings (SSSR count). The summed E-state index contributed by atoms with van der Waals surface area (Å²) in [4.78, 5) is 4.26. The normalized spacial score (nSPS) is 11.7. The molecule has 0 saturated carbocycles. The Morgan fingerprint density at radius 2 is 1.67 bits per heavy atom. The first kappa shape index (κ1) is 17.6. The van der Waals surface area contributed by atoms with Gasteiger partial charge in [0.2, 0.25) is 5.69 Å². The van der Waals surface area contributed by atoms with Crippen molar-refractivity contribution < 1.29 is 4.57 Å². The van der Waals surface area contributed by atoms with Gasteiger partial charge in [-0.05, 0) is 30.0 Å². The van der Waals surface area contributed by atoms with Gasteiger partial charge in [-0.3, -0.25) is 4.98 Å². The van der Waals surface area contributed by atoms with Crippen molar-refractivity contribution in [3.8, 4) is 11.3 Å². The Hall–Kier alpha value is -2.78. The molecule has 0 N–H and O–H groups in total. The van der Waals surface area contributed by atoms with Crippen molar-refractivity contribution in [3.05, 3.63) is 84.8 Å². The van der Waals surface area contributed by atoms with E-state index in [1.165, 1.54) is 38.0 Å². The van der Waals surface area contributed by atoms with Crippen molar-refractivity contribution in [2.45, 2.75) is 20.0 Å². The fraction of sp³-hybridized carbons (Fsp3) is 0.167. The summed E-state index contributed by atoms with van der Waals surface area (Å²) in [6, 6.07) is 22.3. The molecule has 134 valence electrons. The molecule has 0 aliphatic carbocycles. The van der Waals surface area contributed by atoms with Crippen molar-refractivity contribution in [2.75, 3.05) is 0 Å². The van der Waals surface area contributed by atoms with Crippen LogP contribution in [0.4, 0.5) is 0 Å². The fourth-order valence-electron chi connectivity index (χ4n) is 3.86. The number of hydrogen-bond donors (Lipinski definition) is 0. The molecule has 0 aliphatic heterocycles. The molecule has 4 aromatic rings. The summed E-state index contributed by atoms with van der Waals surface area (Å²) >= 11 is 0. The van der Waals surface area contributed by atoms with Crippen LogP contribution in [0.1, 0.15) is 5.56 Å². The molecule has 0 atom stereocenters. The maximum absolute atomic E-state index is 4.26. The second kappa shape index (κ2) is 6.75. The first-order chi connectivity index (χ1) is 13.0. The lowest BCUT2D eigenvalue weighted by Crippen LogP contribution is -2.52. The third-order valence-electron chi connectivity index (χ3n) is 5.63. The van der Waals surface area contributed by atoms with Crippen LogP contribution in [0.5, 0.6) is 0 Å². The van der Waals surface area contributed by atoms with Crippen LogP contribution in [0, 0.1) is 6.92 Å². The minimum Gasteiger partial charge on any atom is -0.264 e. The van der Waals surface area contributed by atoms with Gasteiger partial charge in [0, 0.05) is 18.5 Å². The minimum absolute atomic E-state index is 1.20. The molecule has 0 spiro atoms. The summed E-state index contributed by atoms with van der Waals surface area (Å²) in [6.45, 7) is 6.99. The van der Waals surface area contributed by atoms with E-state index in [0.717, 1.165) is 0 Å². The third kappa shape index (κ3) is 3.08. The number of rotatable bonds is 3. The molecule has 0 radical (unpaired) electrons. The van der Waals surface area contributed by atoms with Crippen molar-refractivity contribution >= 4 is 29.2 Å². The van der Waals surface area contributed by atoms with Gasteiger partial charge in [-0.2, -0.15) is 0 Å². The Morgan fingerprint density at radius 1 is 0.889 bits per heavy atom. The number of pyridine rings is 2. The lowest BCUT2D eigenvalue weighted by Gasteiger charge is -2.24. The third-order valence-corrected chi connectivity index (χ3v) is 9.16. The van der Waals surface area contributed by atoms with Crippen molar-refractivity contribution in [2.24, 2.45) is 7.05 Å². The summed E-state index contributed by atoms with van der Waals surface area (Å²) in [7, 11) is 0.406. The van der Waals surface area contributed by atoms with Crippen LogP contribution >= 0.6 is 0 Å². The molecule has 0 bridgehead atoms. The quantitative estimate of drug-likeness (QED) is 0.396. The van der Waals surface area contributed by atoms with Gasteiger partial charge in [-0.25, -0.2) is 4.57 Å². The van der Waals surface area contributed by atoms with Gasteiger partial charge in [-0.1, -0.05) is 65.9 Å². The number of fused-ring (bicyclic) bond motifs is 1. The van der Waals surface area contributed by atoms with Crippen LogP contribution in [-0.2, 0) is 7.05 Å². The SMILES string of the molecule is Cc1cnccc1-c1c2ccc([Si](C)(C)c3ccccc3)cc2cc[n+]1C. The molecule has 0 amide bonds. The molecular weight excluding hydrogens is 344 g/mol. The topological polar surface area (TPSA) is 16.8 Å². The highest BCUT2D eigenvalue weighted by atomic mass is 28.3. The summed E-state index contributed by atoms with van der Waals surface area (Å²) in [6.07, 6.45) is 5.98. The van der Waals surface area contributed by atoms with Gasteiger partial charge in [0.1, 0.15) is 15.1 Å². The molecule has 2 heterocycles. The van der Waals surface area contributed by atoms with E-state index < -0.39 is 8.07 Å². The molecule has 2 nitrogen and oxygen atoms in total. The second-order valence-corrected chi connectivity index (χ2v) is 12.2. The van der Waals surface area contributed by atoms with E-state index in [0.29, 0.717) is 0 Å². The number of nitrogens with zero attached hydrogens (tertiary/aromatic N) is 2. The lowest BCUT2D eigenvalue weighted by molar-refractivity contribution is -0.659. The molecule has 0 unspecified atom stereocenters. The maximum Gasteiger partial charge on any atom is 0.220 e. The fourth-order valence-corrected chi connectivity index (χ4v) is 6.23. The molecule has 2 aromatic carbocycles. The Bertz CT molecular complexity index is 1120. The number of aryl methyl sites for hydroxylation is 2. The zero-order chi connectivity index (χ0) is 19.0. The predicted molar refractivity (Wildman–Crippen MR) is 116 cm³/mol. The van der Waals surface area contributed by atoms with Crippen molar-refractivity contribution in [1.29, 1.82) is 0 Å². The average molecular weight is 370 g/mol. The summed E-state index contributed by atoms with van der Waals surface area (Å²) < 4.78 is 2.21. The van der Waals surface area contributed by atoms with Crippen LogP contribution in [-0.4, -0.2) is 13.1 Å². The van der Waals surface area contributed by atoms with E-state index in [2.05, 4.69) is 103 Å². The zero-order valence-corrected chi connectivity index (χ0v) is 17.4. The highest BCUT2D eigenvalue weighted by Crippen LogP contribution is 2.27. The largest absolute Gasteiger partial charge is 0.264 e. The van der Waals surface area contributed by atoms with Crippen molar-refractivity contribution in [1.82, 2.24) is 4.98 Å². The van der Waals surface area contributed by atoms with Crippen LogP contribution in [0.15, 0.2) is 79.3 Å². The van der Waals surface area contributed by atoms with E-state index in [4.69, 9.17) is 0 Å². The van der Waals surface area contributed by atoms with Gasteiger partial charge in [0.25, 0.3) is 0 Å². The van der Waals surface area contributed by atoms with Crippen LogP contribution < -0.4 is 14.9 Å². The van der Waals surface area contributed by atoms with Gasteiger partial charge in [0.15, 0.2) is 6.20 Å². The monoisotopic (exact) mass is 369 g/mol. The van der Waals surface area contributed by atoms with Gasteiger partial charge < -0.3 is 0 Å². The van der Waals surface area contributed by atoms with Crippen LogP contribution in [0.2, 0.25) is 13.1 Å². The average Bonchev–Trinajstić information content (AvgIpc) is 2.69. The molecule has 0 aliphatic rings. The standard InChI is InChI=1S/C24H25N2Si/c1-18-17-25-14-12-22(18)24-23-11-10-21(16-19(23)13-15-26(24)2)27(3,4)20-8-6-5-7-9-20/h5-17H,1-4H3/q+1. The molecule has 0 fully saturated rings. The van der Waals surface area contributed by atoms with Crippen LogP contribution in [0.25, 0.3) is 22.0 Å². The minimum atomic E-state index is -1.71. The molecular formula is C24H25N2Si+. The number of hydrogen-bond acceptors (Lipinski definition) is 1. The van der Waals surface area contributed by atoms with Gasteiger partial charge >= 0.3 is 0 Å². The maximum atomic E-state index is 4.26. The predicted octanol–water partition coefficient (Wildman–Crippen LogP) is 3.86. The Morgan fingerprint density at radius 3 is 2.41 bits per heavy atom. The van der Waals surface area contributed by atoms with Crippen molar-refractivity contribution in [3.63, 3.8) is 0 Å². The number of aromatic nitrogens is 2.